The van der Waals surface area contributed by atoms with Crippen molar-refractivity contribution in [2.24, 2.45) is 0 Å². The van der Waals surface area contributed by atoms with Gasteiger partial charge in [0.2, 0.25) is 4.34 Å². The third-order valence-corrected chi connectivity index (χ3v) is 9.56. The number of sulfonamides is 1. The van der Waals surface area contributed by atoms with Gasteiger partial charge in [-0.2, -0.15) is 23.2 Å². The van der Waals surface area contributed by atoms with Gasteiger partial charge in [-0.05, 0) is 42.0 Å². The molecule has 0 aliphatic carbocycles. The average molecular weight is 627 g/mol. The van der Waals surface area contributed by atoms with Crippen molar-refractivity contribution >= 4 is 29.0 Å². The number of hydrogen-bond acceptors (Lipinski definition) is 8. The lowest BCUT2D eigenvalue weighted by atomic mass is 10.0. The second kappa shape index (κ2) is 12.0. The number of nitrogens with zero attached hydrogens (tertiary/aromatic N) is 4. The van der Waals surface area contributed by atoms with Gasteiger partial charge < -0.3 is 14.5 Å². The predicted molar refractivity (Wildman–Crippen MR) is 139 cm³/mol. The van der Waals surface area contributed by atoms with Gasteiger partial charge in [0.1, 0.15) is 23.1 Å². The summed E-state index contributed by atoms with van der Waals surface area (Å²) in [5.41, 5.74) is -2.49. The number of ether oxygens (including phenoxy) is 1. The summed E-state index contributed by atoms with van der Waals surface area (Å²) in [4.78, 5) is 19.6. The Kier molecular flexibility index (Phi) is 8.88. The minimum Gasteiger partial charge on any atom is -0.487 e. The Morgan fingerprint density at radius 1 is 1.10 bits per heavy atom. The van der Waals surface area contributed by atoms with E-state index in [2.05, 4.69) is 10.2 Å². The molecule has 0 bridgehead atoms. The van der Waals surface area contributed by atoms with Crippen LogP contribution in [0.4, 0.5) is 13.2 Å². The van der Waals surface area contributed by atoms with Gasteiger partial charge in [-0.15, -0.1) is 10.2 Å². The molecule has 2 aromatic heterocycles. The van der Waals surface area contributed by atoms with Crippen LogP contribution in [0.15, 0.2) is 77.4 Å². The fourth-order valence-corrected chi connectivity index (χ4v) is 7.17. The van der Waals surface area contributed by atoms with Gasteiger partial charge in [-0.3, -0.25) is 4.57 Å². The zero-order valence-electron chi connectivity index (χ0n) is 20.6. The van der Waals surface area contributed by atoms with E-state index in [1.807, 2.05) is 35.2 Å². The lowest BCUT2D eigenvalue weighted by molar-refractivity contribution is -0.697. The van der Waals surface area contributed by atoms with E-state index in [1.54, 1.807) is 29.0 Å². The first-order valence-electron chi connectivity index (χ1n) is 11.5. The maximum atomic E-state index is 13.4. The van der Waals surface area contributed by atoms with Crippen LogP contribution in [-0.2, 0) is 27.3 Å². The molecule has 17 heteroatoms. The number of alkyl halides is 3. The van der Waals surface area contributed by atoms with Gasteiger partial charge in [0.05, 0.1) is 17.2 Å². The molecule has 1 atom stereocenters. The molecule has 214 valence electrons. The van der Waals surface area contributed by atoms with E-state index in [0.717, 1.165) is 6.07 Å². The first-order valence-corrected chi connectivity index (χ1v) is 15.5. The molecule has 0 fully saturated rings. The minimum absolute atomic E-state index is 0.155. The highest BCUT2D eigenvalue weighted by Gasteiger charge is 2.39. The number of halogens is 3. The summed E-state index contributed by atoms with van der Waals surface area (Å²) in [6, 6.07) is 15.4. The van der Waals surface area contributed by atoms with Gasteiger partial charge in [0.25, 0.3) is 10.0 Å². The van der Waals surface area contributed by atoms with Crippen molar-refractivity contribution in [3.8, 4) is 22.4 Å². The van der Waals surface area contributed by atoms with Crippen LogP contribution in [-0.4, -0.2) is 35.0 Å². The van der Waals surface area contributed by atoms with E-state index in [9.17, 15) is 35.9 Å². The minimum atomic E-state index is -5.40. The molecule has 0 spiro atoms. The maximum absolute atomic E-state index is 13.4. The predicted octanol–water partition coefficient (Wildman–Crippen LogP) is 3.62. The molecular weight excluding hydrogens is 606 g/mol. The summed E-state index contributed by atoms with van der Waals surface area (Å²) in [6.45, 7) is 1.01. The highest BCUT2D eigenvalue weighted by molar-refractivity contribution is 7.91. The average Bonchev–Trinajstić information content (AvgIpc) is 3.43. The van der Waals surface area contributed by atoms with Gasteiger partial charge in [0.15, 0.2) is 18.9 Å². The van der Waals surface area contributed by atoms with Gasteiger partial charge >= 0.3 is 13.8 Å². The summed E-state index contributed by atoms with van der Waals surface area (Å²) in [5.74, 6) is -1.84. The summed E-state index contributed by atoms with van der Waals surface area (Å²) >= 11 is 0.582. The highest BCUT2D eigenvalue weighted by atomic mass is 32.2. The Hall–Kier alpha value is -3.71. The fourth-order valence-electron chi connectivity index (χ4n) is 3.57. The zero-order chi connectivity index (χ0) is 29.8. The molecule has 0 radical (unpaired) electrons. The topological polar surface area (TPSA) is 166 Å². The number of benzene rings is 2. The van der Waals surface area contributed by atoms with Crippen molar-refractivity contribution in [1.29, 1.82) is 5.26 Å². The van der Waals surface area contributed by atoms with Crippen molar-refractivity contribution in [2.75, 3.05) is 6.61 Å². The maximum Gasteiger partial charge on any atom is 0.417 e. The smallest absolute Gasteiger partial charge is 0.417 e. The van der Waals surface area contributed by atoms with Crippen LogP contribution in [0.25, 0.3) is 10.6 Å². The quantitative estimate of drug-likeness (QED) is 0.176. The molecule has 0 aliphatic rings. The van der Waals surface area contributed by atoms with Gasteiger partial charge in [-0.1, -0.05) is 23.5 Å². The van der Waals surface area contributed by atoms with Gasteiger partial charge in [0, 0.05) is 17.7 Å². The first-order chi connectivity index (χ1) is 19.3. The molecule has 0 amide bonds. The third-order valence-electron chi connectivity index (χ3n) is 5.52. The number of pyridine rings is 1. The van der Waals surface area contributed by atoms with Crippen LogP contribution < -0.4 is 14.0 Å². The lowest BCUT2D eigenvalue weighted by Crippen LogP contribution is -2.35. The van der Waals surface area contributed by atoms with Gasteiger partial charge in [-0.25, -0.2) is 13.0 Å². The van der Waals surface area contributed by atoms with Crippen LogP contribution in [0.5, 0.6) is 5.75 Å². The van der Waals surface area contributed by atoms with Crippen molar-refractivity contribution in [3.05, 3.63) is 89.7 Å². The normalized spacial score (nSPS) is 13.0. The fraction of sp³-hybridized carbons (Fsp3) is 0.167. The lowest BCUT2D eigenvalue weighted by Gasteiger charge is -2.21. The van der Waals surface area contributed by atoms with E-state index in [1.165, 1.54) is 6.07 Å². The van der Waals surface area contributed by atoms with E-state index < -0.39 is 50.6 Å². The second-order valence-electron chi connectivity index (χ2n) is 8.39. The molecule has 0 saturated carbocycles. The van der Waals surface area contributed by atoms with Crippen molar-refractivity contribution in [3.63, 3.8) is 0 Å². The van der Waals surface area contributed by atoms with E-state index >= 15 is 0 Å². The molecule has 4 rings (SSSR count). The number of aromatic nitrogens is 3. The molecule has 11 nitrogen and oxygen atoms in total. The van der Waals surface area contributed by atoms with E-state index in [-0.39, 0.29) is 5.01 Å². The number of hydrogen-bond donors (Lipinski definition) is 3. The molecule has 2 heterocycles. The molecule has 41 heavy (non-hydrogen) atoms. The SMILES string of the molecule is N#Cc1ccc(C(NS(=O)(=O)c2nnc(-c3ccc(OCC[n+]4ccccc4)cc3)s2)P(=O)(O)O)cc1C(F)(F)F. The van der Waals surface area contributed by atoms with E-state index in [4.69, 9.17) is 10.00 Å². The van der Waals surface area contributed by atoms with Crippen LogP contribution in [0, 0.1) is 11.3 Å². The number of nitrogens with one attached hydrogen (secondary N) is 1. The van der Waals surface area contributed by atoms with Crippen LogP contribution >= 0.6 is 18.9 Å². The zero-order valence-corrected chi connectivity index (χ0v) is 23.2. The molecule has 0 saturated heterocycles. The molecule has 2 aromatic carbocycles. The van der Waals surface area contributed by atoms with Crippen molar-refractivity contribution in [1.82, 2.24) is 14.9 Å². The molecule has 4 aromatic rings. The highest BCUT2D eigenvalue weighted by Crippen LogP contribution is 2.51. The molecule has 1 unspecified atom stereocenters. The molecule has 3 N–H and O–H groups in total. The van der Waals surface area contributed by atoms with Crippen LogP contribution in [0.3, 0.4) is 0 Å². The van der Waals surface area contributed by atoms with Crippen LogP contribution in [0.2, 0.25) is 0 Å². The second-order valence-corrected chi connectivity index (χ2v) is 12.9. The number of nitriles is 1. The standard InChI is InChI=1S/C24H19F3N5O6PS2/c25-24(26,27)20-14-17(4-5-18(20)15-28)21(39(33,34)35)31-41(36,37)23-30-29-22(40-23)16-6-8-19(9-7-16)38-13-12-32-10-2-1-3-11-32/h1-11,14,21,31H,12-13H2,(H-,33,34,35)/p+1. The van der Waals surface area contributed by atoms with Crippen molar-refractivity contribution in [2.45, 2.75) is 22.8 Å². The third kappa shape index (κ3) is 7.53. The first kappa shape index (κ1) is 30.3. The van der Waals surface area contributed by atoms with Crippen molar-refractivity contribution < 1.29 is 45.2 Å². The largest absolute Gasteiger partial charge is 0.487 e. The Morgan fingerprint density at radius 2 is 1.78 bits per heavy atom. The van der Waals surface area contributed by atoms with E-state index in [0.29, 0.717) is 47.9 Å². The summed E-state index contributed by atoms with van der Waals surface area (Å²) in [6.07, 6.45) is -1.24. The Balaban J connectivity index is 1.51. The summed E-state index contributed by atoms with van der Waals surface area (Å²) in [5, 5.41) is 16.5. The Bertz CT molecular complexity index is 1720. The summed E-state index contributed by atoms with van der Waals surface area (Å²) < 4.78 is 86.9. The number of rotatable bonds is 10. The Labute approximate surface area is 235 Å². The molecular formula is C24H20F3N5O6PS2+. The van der Waals surface area contributed by atoms with Crippen LogP contribution in [0.1, 0.15) is 22.5 Å². The Morgan fingerprint density at radius 3 is 2.39 bits per heavy atom. The monoisotopic (exact) mass is 626 g/mol. The summed E-state index contributed by atoms with van der Waals surface area (Å²) in [7, 11) is -10.2. The molecule has 0 aliphatic heterocycles.